The third-order valence-electron chi connectivity index (χ3n) is 2.32. The number of rotatable bonds is 2. The summed E-state index contributed by atoms with van der Waals surface area (Å²) in [6.07, 6.45) is 6.88. The highest BCUT2D eigenvalue weighted by atomic mass is 16.6. The topological polar surface area (TPSA) is 41.6 Å². The van der Waals surface area contributed by atoms with Gasteiger partial charge in [-0.05, 0) is 6.08 Å². The Morgan fingerprint density at radius 2 is 2.21 bits per heavy atom. The highest BCUT2D eigenvalue weighted by Crippen LogP contribution is 2.40. The molecule has 3 heteroatoms. The lowest BCUT2D eigenvalue weighted by Crippen LogP contribution is -2.29. The van der Waals surface area contributed by atoms with Crippen molar-refractivity contribution < 1.29 is 9.53 Å². The predicted octanol–water partition coefficient (Wildman–Crippen LogP) is 1.07. The van der Waals surface area contributed by atoms with Gasteiger partial charge in [-0.15, -0.1) is 0 Å². The Morgan fingerprint density at radius 3 is 2.71 bits per heavy atom. The molecule has 0 saturated carbocycles. The van der Waals surface area contributed by atoms with Gasteiger partial charge in [0.1, 0.15) is 6.61 Å². The van der Waals surface area contributed by atoms with E-state index in [4.69, 9.17) is 4.74 Å². The van der Waals surface area contributed by atoms with Crippen LogP contribution in [0.15, 0.2) is 48.6 Å². The molecule has 2 rings (SSSR count). The van der Waals surface area contributed by atoms with E-state index < -0.39 is 5.72 Å². The standard InChI is InChI=1S/C11H11NO2/c1-3-4-5-6-9-8(2)11(7-14-11)12-10(9)13/h3-6H,1-2,7H2,(H,12,13)/b5-4-,9-6+. The first-order valence-corrected chi connectivity index (χ1v) is 4.35. The third kappa shape index (κ3) is 1.22. The van der Waals surface area contributed by atoms with Gasteiger partial charge in [0, 0.05) is 11.1 Å². The largest absolute Gasteiger partial charge is 0.344 e. The molecule has 1 amide bonds. The van der Waals surface area contributed by atoms with Crippen LogP contribution in [0.5, 0.6) is 0 Å². The number of epoxide rings is 1. The van der Waals surface area contributed by atoms with E-state index in [2.05, 4.69) is 18.5 Å². The van der Waals surface area contributed by atoms with Crippen molar-refractivity contribution in [3.63, 3.8) is 0 Å². The molecule has 0 radical (unpaired) electrons. The number of amides is 1. The van der Waals surface area contributed by atoms with Crippen molar-refractivity contribution in [2.45, 2.75) is 5.72 Å². The van der Waals surface area contributed by atoms with Gasteiger partial charge in [0.05, 0.1) is 0 Å². The maximum Gasteiger partial charge on any atom is 0.254 e. The molecule has 1 unspecified atom stereocenters. The minimum absolute atomic E-state index is 0.124. The molecule has 0 bridgehead atoms. The van der Waals surface area contributed by atoms with Crippen LogP contribution < -0.4 is 5.32 Å². The number of ether oxygens (including phenoxy) is 1. The van der Waals surface area contributed by atoms with Crippen molar-refractivity contribution in [3.8, 4) is 0 Å². The average Bonchev–Trinajstić information content (AvgIpc) is 2.88. The van der Waals surface area contributed by atoms with Crippen LogP contribution >= 0.6 is 0 Å². The third-order valence-corrected chi connectivity index (χ3v) is 2.32. The zero-order valence-corrected chi connectivity index (χ0v) is 7.75. The highest BCUT2D eigenvalue weighted by molar-refractivity contribution is 6.03. The second-order valence-electron chi connectivity index (χ2n) is 3.25. The number of nitrogens with one attached hydrogen (secondary N) is 1. The summed E-state index contributed by atoms with van der Waals surface area (Å²) in [5, 5.41) is 2.74. The van der Waals surface area contributed by atoms with Crippen LogP contribution in [-0.4, -0.2) is 18.2 Å². The number of hydrogen-bond donors (Lipinski definition) is 1. The summed E-state index contributed by atoms with van der Waals surface area (Å²) in [6, 6.07) is 0. The monoisotopic (exact) mass is 189 g/mol. The smallest absolute Gasteiger partial charge is 0.254 e. The van der Waals surface area contributed by atoms with Gasteiger partial charge in [-0.3, -0.25) is 4.79 Å². The van der Waals surface area contributed by atoms with E-state index in [9.17, 15) is 4.79 Å². The Bertz CT molecular complexity index is 373. The predicted molar refractivity (Wildman–Crippen MR) is 53.4 cm³/mol. The van der Waals surface area contributed by atoms with Crippen LogP contribution in [0, 0.1) is 0 Å². The van der Waals surface area contributed by atoms with E-state index >= 15 is 0 Å². The Labute approximate surface area is 82.4 Å². The van der Waals surface area contributed by atoms with Gasteiger partial charge < -0.3 is 10.1 Å². The summed E-state index contributed by atoms with van der Waals surface area (Å²) in [5.41, 5.74) is 0.724. The lowest BCUT2D eigenvalue weighted by molar-refractivity contribution is -0.117. The van der Waals surface area contributed by atoms with Crippen LogP contribution in [0.4, 0.5) is 0 Å². The Balaban J connectivity index is 2.23. The van der Waals surface area contributed by atoms with E-state index in [0.29, 0.717) is 12.2 Å². The molecular formula is C11H11NO2. The van der Waals surface area contributed by atoms with Gasteiger partial charge in [0.15, 0.2) is 5.72 Å². The maximum atomic E-state index is 11.5. The molecule has 2 aliphatic heterocycles. The zero-order chi connectivity index (χ0) is 10.2. The zero-order valence-electron chi connectivity index (χ0n) is 7.75. The highest BCUT2D eigenvalue weighted by Gasteiger charge is 2.55. The minimum atomic E-state index is -0.578. The second-order valence-corrected chi connectivity index (χ2v) is 3.25. The summed E-state index contributed by atoms with van der Waals surface area (Å²) in [6.45, 7) is 7.91. The molecule has 0 aliphatic carbocycles. The van der Waals surface area contributed by atoms with Gasteiger partial charge in [-0.25, -0.2) is 0 Å². The molecule has 0 aromatic rings. The van der Waals surface area contributed by atoms with Gasteiger partial charge in [0.2, 0.25) is 0 Å². The minimum Gasteiger partial charge on any atom is -0.344 e. The van der Waals surface area contributed by atoms with Crippen molar-refractivity contribution in [2.24, 2.45) is 0 Å². The van der Waals surface area contributed by atoms with E-state index in [-0.39, 0.29) is 5.91 Å². The first-order valence-electron chi connectivity index (χ1n) is 4.35. The maximum absolute atomic E-state index is 11.5. The van der Waals surface area contributed by atoms with Gasteiger partial charge in [-0.2, -0.15) is 0 Å². The van der Waals surface area contributed by atoms with Crippen LogP contribution in [0.1, 0.15) is 0 Å². The van der Waals surface area contributed by atoms with Crippen LogP contribution in [-0.2, 0) is 9.53 Å². The van der Waals surface area contributed by atoms with Crippen molar-refractivity contribution in [2.75, 3.05) is 6.61 Å². The lowest BCUT2D eigenvalue weighted by Gasteiger charge is -2.00. The number of allylic oxidation sites excluding steroid dienone is 4. The number of carbonyl (C=O) groups excluding carboxylic acids is 1. The molecular weight excluding hydrogens is 178 g/mol. The molecule has 1 atom stereocenters. The van der Waals surface area contributed by atoms with E-state index in [0.717, 1.165) is 5.57 Å². The van der Waals surface area contributed by atoms with Gasteiger partial charge in [0.25, 0.3) is 5.91 Å². The summed E-state index contributed by atoms with van der Waals surface area (Å²) >= 11 is 0. The van der Waals surface area contributed by atoms with Gasteiger partial charge in [-0.1, -0.05) is 31.4 Å². The molecule has 0 aromatic carbocycles. The normalized spacial score (nSPS) is 33.0. The van der Waals surface area contributed by atoms with Crippen molar-refractivity contribution in [1.82, 2.24) is 5.32 Å². The molecule has 2 aliphatic rings. The summed E-state index contributed by atoms with van der Waals surface area (Å²) in [7, 11) is 0. The quantitative estimate of drug-likeness (QED) is 0.401. The molecule has 1 N–H and O–H groups in total. The van der Waals surface area contributed by atoms with Crippen molar-refractivity contribution in [3.05, 3.63) is 48.6 Å². The fourth-order valence-corrected chi connectivity index (χ4v) is 1.41. The lowest BCUT2D eigenvalue weighted by atomic mass is 10.1. The molecule has 2 heterocycles. The SMILES string of the molecule is C=C/C=C\C=C1/C(=C)C2(CO2)NC1=O. The summed E-state index contributed by atoms with van der Waals surface area (Å²) in [4.78, 5) is 11.5. The van der Waals surface area contributed by atoms with Crippen molar-refractivity contribution >= 4 is 5.91 Å². The average molecular weight is 189 g/mol. The Kier molecular flexibility index (Phi) is 1.89. The van der Waals surface area contributed by atoms with Crippen molar-refractivity contribution in [1.29, 1.82) is 0 Å². The van der Waals surface area contributed by atoms with Crippen LogP contribution in [0.25, 0.3) is 0 Å². The fourth-order valence-electron chi connectivity index (χ4n) is 1.41. The van der Waals surface area contributed by atoms with E-state index in [1.807, 2.05) is 0 Å². The second kappa shape index (κ2) is 2.96. The summed E-state index contributed by atoms with van der Waals surface area (Å²) in [5.74, 6) is -0.124. The first-order chi connectivity index (χ1) is 6.69. The molecule has 1 spiro atoms. The molecule has 2 fully saturated rings. The van der Waals surface area contributed by atoms with Gasteiger partial charge >= 0.3 is 0 Å². The van der Waals surface area contributed by atoms with E-state index in [1.165, 1.54) is 0 Å². The number of hydrogen-bond acceptors (Lipinski definition) is 2. The Hall–Kier alpha value is -1.61. The first kappa shape index (κ1) is 8.97. The van der Waals surface area contributed by atoms with E-state index in [1.54, 1.807) is 24.3 Å². The fraction of sp³-hybridized carbons (Fsp3) is 0.182. The molecule has 2 saturated heterocycles. The van der Waals surface area contributed by atoms with Crippen LogP contribution in [0.3, 0.4) is 0 Å². The molecule has 14 heavy (non-hydrogen) atoms. The molecule has 3 nitrogen and oxygen atoms in total. The molecule has 72 valence electrons. The van der Waals surface area contributed by atoms with Crippen LogP contribution in [0.2, 0.25) is 0 Å². The number of carbonyl (C=O) groups is 1. The Morgan fingerprint density at radius 1 is 1.50 bits per heavy atom. The summed E-state index contributed by atoms with van der Waals surface area (Å²) < 4.78 is 5.16. The molecule has 0 aromatic heterocycles.